The highest BCUT2D eigenvalue weighted by molar-refractivity contribution is 5.91. The Labute approximate surface area is 361 Å². The Morgan fingerprint density at radius 2 is 0.934 bits per heavy atom. The third kappa shape index (κ3) is 8.78. The standard InChI is InChI=1S/C55H56N2O4/c1-53(2)36-55(50-33-46(29-31-48(50)53)60-52(58)43-23-17-39(18-24-43)10-12-41-21-27-45(28-22-41)57(7)8)37-54(3,4)49-32-30-47(34-51(49)55)61-59-35-42-15-13-38(14-16-42)9-11-40-19-25-44(26-20-40)56(5)6/h9-34H,35-37H2,1-8H3/b11-9+,12-10+. The first-order chi connectivity index (χ1) is 29.2. The number of nitrogens with zero attached hydrogens (tertiary/aromatic N) is 2. The molecule has 0 radical (unpaired) electrons. The van der Waals surface area contributed by atoms with E-state index in [1.165, 1.54) is 27.9 Å². The fourth-order valence-corrected chi connectivity index (χ4v) is 9.36. The van der Waals surface area contributed by atoms with E-state index in [1.54, 1.807) is 0 Å². The van der Waals surface area contributed by atoms with E-state index in [9.17, 15) is 4.79 Å². The normalized spacial score (nSPS) is 17.1. The van der Waals surface area contributed by atoms with Gasteiger partial charge in [-0.05, 0) is 134 Å². The number of anilines is 2. The second-order valence-electron chi connectivity index (χ2n) is 18.4. The van der Waals surface area contributed by atoms with Crippen LogP contribution in [0, 0.1) is 0 Å². The lowest BCUT2D eigenvalue weighted by Gasteiger charge is -2.30. The number of rotatable bonds is 12. The highest BCUT2D eigenvalue weighted by Gasteiger charge is 2.56. The molecule has 0 saturated heterocycles. The molecule has 6 nitrogen and oxygen atoms in total. The fraction of sp³-hybridized carbons (Fsp3) is 0.255. The van der Waals surface area contributed by atoms with Crippen LogP contribution in [-0.2, 0) is 27.7 Å². The van der Waals surface area contributed by atoms with Crippen molar-refractivity contribution in [2.24, 2.45) is 0 Å². The lowest BCUT2D eigenvalue weighted by Crippen LogP contribution is -2.27. The van der Waals surface area contributed by atoms with Crippen LogP contribution in [0.15, 0.2) is 133 Å². The van der Waals surface area contributed by atoms with Crippen LogP contribution < -0.4 is 19.4 Å². The van der Waals surface area contributed by atoms with Crippen LogP contribution in [0.5, 0.6) is 11.5 Å². The molecule has 0 N–H and O–H groups in total. The maximum atomic E-state index is 13.5. The SMILES string of the molecule is CN(C)c1ccc(/C=C/c2ccc(COOc3ccc4c(c3)C3(CC4(C)C)CC(C)(C)c4ccc(OC(=O)c5ccc(/C=C/c6ccc(N(C)C)cc6)cc5)cc43)cc2)cc1. The third-order valence-electron chi connectivity index (χ3n) is 12.4. The first-order valence-electron chi connectivity index (χ1n) is 21.1. The van der Waals surface area contributed by atoms with E-state index in [2.05, 4.69) is 159 Å². The number of carbonyl (C=O) groups excluding carboxylic acids is 1. The third-order valence-corrected chi connectivity index (χ3v) is 12.4. The molecule has 310 valence electrons. The van der Waals surface area contributed by atoms with Gasteiger partial charge >= 0.3 is 5.97 Å². The summed E-state index contributed by atoms with van der Waals surface area (Å²) in [5.74, 6) is 0.844. The molecule has 1 atom stereocenters. The minimum Gasteiger partial charge on any atom is -0.423 e. The summed E-state index contributed by atoms with van der Waals surface area (Å²) in [5, 5.41) is 0. The summed E-state index contributed by atoms with van der Waals surface area (Å²) in [5.41, 5.74) is 12.9. The Morgan fingerprint density at radius 1 is 0.525 bits per heavy atom. The van der Waals surface area contributed by atoms with E-state index in [0.29, 0.717) is 23.7 Å². The summed E-state index contributed by atoms with van der Waals surface area (Å²) < 4.78 is 6.10. The van der Waals surface area contributed by atoms with Gasteiger partial charge in [-0.3, -0.25) is 0 Å². The van der Waals surface area contributed by atoms with E-state index in [1.807, 2.05) is 64.6 Å². The minimum atomic E-state index is -0.377. The molecule has 0 aromatic heterocycles. The van der Waals surface area contributed by atoms with Crippen molar-refractivity contribution in [2.45, 2.75) is 63.4 Å². The van der Waals surface area contributed by atoms with Gasteiger partial charge in [0, 0.05) is 45.0 Å². The highest BCUT2D eigenvalue weighted by Crippen LogP contribution is 2.63. The monoisotopic (exact) mass is 808 g/mol. The number of ether oxygens (including phenoxy) is 1. The zero-order chi connectivity index (χ0) is 42.9. The van der Waals surface area contributed by atoms with Crippen molar-refractivity contribution >= 4 is 41.6 Å². The van der Waals surface area contributed by atoms with Crippen molar-refractivity contribution < 1.29 is 19.3 Å². The first kappa shape index (κ1) is 41.4. The number of hydrogen-bond acceptors (Lipinski definition) is 6. The number of fused-ring (bicyclic) bond motifs is 4. The lowest BCUT2D eigenvalue weighted by molar-refractivity contribution is -0.217. The van der Waals surface area contributed by atoms with Crippen LogP contribution in [0.25, 0.3) is 24.3 Å². The van der Waals surface area contributed by atoms with Crippen LogP contribution >= 0.6 is 0 Å². The number of hydrogen-bond donors (Lipinski definition) is 0. The molecule has 0 heterocycles. The molecule has 2 aliphatic rings. The predicted molar refractivity (Wildman–Crippen MR) is 252 cm³/mol. The van der Waals surface area contributed by atoms with Crippen LogP contribution in [0.3, 0.4) is 0 Å². The molecule has 0 amide bonds. The molecule has 6 aromatic rings. The average molecular weight is 809 g/mol. The van der Waals surface area contributed by atoms with Crippen LogP contribution in [0.4, 0.5) is 11.4 Å². The van der Waals surface area contributed by atoms with Crippen LogP contribution in [0.2, 0.25) is 0 Å². The Balaban J connectivity index is 0.949. The van der Waals surface area contributed by atoms with Crippen molar-refractivity contribution in [3.05, 3.63) is 189 Å². The van der Waals surface area contributed by atoms with Gasteiger partial charge in [-0.2, -0.15) is 4.89 Å². The number of carbonyl (C=O) groups is 1. The zero-order valence-electron chi connectivity index (χ0n) is 36.7. The summed E-state index contributed by atoms with van der Waals surface area (Å²) in [6.45, 7) is 9.61. The topological polar surface area (TPSA) is 51.2 Å². The summed E-state index contributed by atoms with van der Waals surface area (Å²) in [6, 6.07) is 45.4. The molecule has 6 heteroatoms. The fourth-order valence-electron chi connectivity index (χ4n) is 9.36. The Hall–Kier alpha value is -6.37. The average Bonchev–Trinajstić information content (AvgIpc) is 3.61. The maximum absolute atomic E-state index is 13.5. The molecule has 0 fully saturated rings. The smallest absolute Gasteiger partial charge is 0.343 e. The van der Waals surface area contributed by atoms with Gasteiger partial charge < -0.3 is 19.4 Å². The summed E-state index contributed by atoms with van der Waals surface area (Å²) >= 11 is 0. The Kier molecular flexibility index (Phi) is 11.2. The molecule has 1 spiro atoms. The van der Waals surface area contributed by atoms with Gasteiger partial charge in [0.1, 0.15) is 12.4 Å². The predicted octanol–water partition coefficient (Wildman–Crippen LogP) is 12.5. The van der Waals surface area contributed by atoms with Crippen LogP contribution in [0.1, 0.15) is 101 Å². The van der Waals surface area contributed by atoms with E-state index in [-0.39, 0.29) is 22.2 Å². The minimum absolute atomic E-state index is 0.0726. The molecule has 2 aliphatic carbocycles. The molecular weight excluding hydrogens is 753 g/mol. The van der Waals surface area contributed by atoms with Crippen molar-refractivity contribution in [1.29, 1.82) is 0 Å². The van der Waals surface area contributed by atoms with Crippen molar-refractivity contribution in [2.75, 3.05) is 38.0 Å². The Bertz CT molecular complexity index is 2580. The molecule has 61 heavy (non-hydrogen) atoms. The molecule has 0 saturated carbocycles. The molecule has 8 rings (SSSR count). The van der Waals surface area contributed by atoms with E-state index in [4.69, 9.17) is 14.5 Å². The second kappa shape index (κ2) is 16.6. The van der Waals surface area contributed by atoms with Gasteiger partial charge in [0.15, 0.2) is 5.75 Å². The van der Waals surface area contributed by atoms with Crippen molar-refractivity contribution in [1.82, 2.24) is 0 Å². The van der Waals surface area contributed by atoms with Gasteiger partial charge in [-0.25, -0.2) is 4.79 Å². The lowest BCUT2D eigenvalue weighted by atomic mass is 9.72. The largest absolute Gasteiger partial charge is 0.423 e. The van der Waals surface area contributed by atoms with E-state index >= 15 is 0 Å². The van der Waals surface area contributed by atoms with E-state index in [0.717, 1.165) is 46.3 Å². The van der Waals surface area contributed by atoms with Gasteiger partial charge in [0.2, 0.25) is 0 Å². The van der Waals surface area contributed by atoms with Crippen molar-refractivity contribution in [3.8, 4) is 11.5 Å². The molecule has 1 unspecified atom stereocenters. The van der Waals surface area contributed by atoms with Gasteiger partial charge in [0.25, 0.3) is 0 Å². The van der Waals surface area contributed by atoms with Crippen LogP contribution in [-0.4, -0.2) is 34.2 Å². The molecule has 0 bridgehead atoms. The summed E-state index contributed by atoms with van der Waals surface area (Å²) in [4.78, 5) is 29.6. The number of benzene rings is 6. The molecular formula is C55H56N2O4. The first-order valence-corrected chi connectivity index (χ1v) is 21.1. The summed E-state index contributed by atoms with van der Waals surface area (Å²) in [6.07, 6.45) is 10.2. The maximum Gasteiger partial charge on any atom is 0.343 e. The molecule has 6 aromatic carbocycles. The van der Waals surface area contributed by atoms with Gasteiger partial charge in [-0.15, -0.1) is 0 Å². The van der Waals surface area contributed by atoms with Gasteiger partial charge in [0.05, 0.1) is 5.56 Å². The molecule has 0 aliphatic heterocycles. The Morgan fingerprint density at radius 3 is 1.39 bits per heavy atom. The van der Waals surface area contributed by atoms with Crippen molar-refractivity contribution in [3.63, 3.8) is 0 Å². The number of esters is 1. The van der Waals surface area contributed by atoms with E-state index < -0.39 is 0 Å². The second-order valence-corrected chi connectivity index (χ2v) is 18.4. The zero-order valence-corrected chi connectivity index (χ0v) is 36.7. The highest BCUT2D eigenvalue weighted by atomic mass is 17.2. The summed E-state index contributed by atoms with van der Waals surface area (Å²) in [7, 11) is 8.16. The van der Waals surface area contributed by atoms with Gasteiger partial charge in [-0.1, -0.05) is 125 Å². The quantitative estimate of drug-likeness (QED) is 0.0403.